The molecule has 0 aliphatic rings. The second-order valence-corrected chi connectivity index (χ2v) is 4.93. The maximum atomic E-state index is 12.8. The number of halogens is 1. The molecule has 2 rings (SSSR count). The van der Waals surface area contributed by atoms with Crippen LogP contribution in [0.3, 0.4) is 0 Å². The lowest BCUT2D eigenvalue weighted by Crippen LogP contribution is -2.21. The first-order valence-corrected chi connectivity index (χ1v) is 6.98. The zero-order valence-corrected chi connectivity index (χ0v) is 12.3. The van der Waals surface area contributed by atoms with Gasteiger partial charge in [0.25, 0.3) is 0 Å². The van der Waals surface area contributed by atoms with E-state index in [9.17, 15) is 9.18 Å². The minimum Gasteiger partial charge on any atom is -0.397 e. The van der Waals surface area contributed by atoms with Crippen LogP contribution in [0.25, 0.3) is 0 Å². The molecule has 0 fully saturated rings. The smallest absolute Gasteiger partial charge is 0.244 e. The molecule has 0 atom stereocenters. The lowest BCUT2D eigenvalue weighted by Gasteiger charge is -2.11. The van der Waals surface area contributed by atoms with Crippen LogP contribution in [-0.2, 0) is 17.8 Å². The van der Waals surface area contributed by atoms with Crippen molar-refractivity contribution in [2.75, 3.05) is 11.1 Å². The van der Waals surface area contributed by atoms with E-state index in [2.05, 4.69) is 5.32 Å². The van der Waals surface area contributed by atoms with Gasteiger partial charge in [-0.15, -0.1) is 0 Å². The number of nitrogens with zero attached hydrogens (tertiary/aromatic N) is 2. The van der Waals surface area contributed by atoms with E-state index in [0.717, 1.165) is 12.1 Å². The molecule has 0 spiro atoms. The molecule has 22 heavy (non-hydrogen) atoms. The Labute approximate surface area is 128 Å². The molecule has 0 saturated carbocycles. The standard InChI is InChI=1S/C16H17FN4O/c1-2-3-15-14(19)8-13(9-18)21(15)10-16(22)20-12-6-4-11(17)5-7-12/h4-8H,2-3,10,19H2,1H3,(H,20,22). The fourth-order valence-corrected chi connectivity index (χ4v) is 2.28. The van der Waals surface area contributed by atoms with Gasteiger partial charge in [-0.1, -0.05) is 13.3 Å². The van der Waals surface area contributed by atoms with Crippen LogP contribution in [0.5, 0.6) is 0 Å². The summed E-state index contributed by atoms with van der Waals surface area (Å²) in [6.45, 7) is 1.99. The van der Waals surface area contributed by atoms with Crippen molar-refractivity contribution in [2.45, 2.75) is 26.3 Å². The first kappa shape index (κ1) is 15.6. The van der Waals surface area contributed by atoms with E-state index in [1.54, 1.807) is 10.6 Å². The molecular formula is C16H17FN4O. The van der Waals surface area contributed by atoms with Crippen LogP contribution in [-0.4, -0.2) is 10.5 Å². The quantitative estimate of drug-likeness (QED) is 0.890. The number of nitrogen functional groups attached to an aromatic ring is 1. The molecule has 0 radical (unpaired) electrons. The molecule has 5 nitrogen and oxygen atoms in total. The van der Waals surface area contributed by atoms with Crippen LogP contribution < -0.4 is 11.1 Å². The number of carbonyl (C=O) groups is 1. The Bertz CT molecular complexity index is 713. The van der Waals surface area contributed by atoms with Crippen molar-refractivity contribution in [3.8, 4) is 6.07 Å². The molecule has 114 valence electrons. The number of benzene rings is 1. The maximum absolute atomic E-state index is 12.8. The number of hydrogen-bond acceptors (Lipinski definition) is 3. The summed E-state index contributed by atoms with van der Waals surface area (Å²) in [5.74, 6) is -0.663. The van der Waals surface area contributed by atoms with Crippen molar-refractivity contribution in [2.24, 2.45) is 0 Å². The fourth-order valence-electron chi connectivity index (χ4n) is 2.28. The molecule has 3 N–H and O–H groups in total. The lowest BCUT2D eigenvalue weighted by molar-refractivity contribution is -0.116. The number of carbonyl (C=O) groups excluding carboxylic acids is 1. The third-order valence-electron chi connectivity index (χ3n) is 3.27. The fraction of sp³-hybridized carbons (Fsp3) is 0.250. The average Bonchev–Trinajstić information content (AvgIpc) is 2.78. The summed E-state index contributed by atoms with van der Waals surface area (Å²) >= 11 is 0. The van der Waals surface area contributed by atoms with Gasteiger partial charge in [0.15, 0.2) is 0 Å². The normalized spacial score (nSPS) is 10.2. The van der Waals surface area contributed by atoms with E-state index in [4.69, 9.17) is 11.0 Å². The molecule has 6 heteroatoms. The van der Waals surface area contributed by atoms with Gasteiger partial charge in [-0.25, -0.2) is 4.39 Å². The summed E-state index contributed by atoms with van der Waals surface area (Å²) in [5.41, 5.74) is 8.07. The highest BCUT2D eigenvalue weighted by Gasteiger charge is 2.15. The van der Waals surface area contributed by atoms with E-state index in [0.29, 0.717) is 23.5 Å². The predicted octanol–water partition coefficient (Wildman–Crippen LogP) is 2.67. The van der Waals surface area contributed by atoms with Crippen LogP contribution in [0.1, 0.15) is 24.7 Å². The van der Waals surface area contributed by atoms with Crippen LogP contribution in [0.2, 0.25) is 0 Å². The highest BCUT2D eigenvalue weighted by atomic mass is 19.1. The van der Waals surface area contributed by atoms with Crippen LogP contribution in [0.15, 0.2) is 30.3 Å². The second kappa shape index (κ2) is 6.76. The second-order valence-electron chi connectivity index (χ2n) is 4.93. The molecule has 0 bridgehead atoms. The average molecular weight is 300 g/mol. The number of aromatic nitrogens is 1. The topological polar surface area (TPSA) is 83.8 Å². The van der Waals surface area contributed by atoms with Crippen LogP contribution in [0, 0.1) is 17.1 Å². The molecule has 0 unspecified atom stereocenters. The van der Waals surface area contributed by atoms with E-state index in [1.165, 1.54) is 24.3 Å². The maximum Gasteiger partial charge on any atom is 0.244 e. The first-order valence-electron chi connectivity index (χ1n) is 6.98. The number of amides is 1. The van der Waals surface area contributed by atoms with Crippen molar-refractivity contribution in [1.82, 2.24) is 4.57 Å². The number of rotatable bonds is 5. The Balaban J connectivity index is 2.17. The number of hydrogen-bond donors (Lipinski definition) is 2. The zero-order chi connectivity index (χ0) is 16.1. The Hall–Kier alpha value is -2.81. The minimum atomic E-state index is -0.367. The van der Waals surface area contributed by atoms with Gasteiger partial charge in [-0.05, 0) is 36.8 Å². The summed E-state index contributed by atoms with van der Waals surface area (Å²) in [5, 5.41) is 11.8. The third kappa shape index (κ3) is 3.44. The lowest BCUT2D eigenvalue weighted by atomic mass is 10.2. The minimum absolute atomic E-state index is 0.00714. The van der Waals surface area contributed by atoms with Gasteiger partial charge in [0, 0.05) is 11.4 Å². The van der Waals surface area contributed by atoms with Gasteiger partial charge in [0.1, 0.15) is 24.1 Å². The molecule has 0 aliphatic heterocycles. The van der Waals surface area contributed by atoms with Gasteiger partial charge in [-0.3, -0.25) is 4.79 Å². The van der Waals surface area contributed by atoms with Gasteiger partial charge < -0.3 is 15.6 Å². The van der Waals surface area contributed by atoms with Crippen LogP contribution in [0.4, 0.5) is 15.8 Å². The largest absolute Gasteiger partial charge is 0.397 e. The van der Waals surface area contributed by atoms with Gasteiger partial charge in [0.05, 0.1) is 5.69 Å². The number of nitrogens with two attached hydrogens (primary N) is 1. The molecule has 1 aromatic heterocycles. The summed E-state index contributed by atoms with van der Waals surface area (Å²) in [6, 6.07) is 9.13. The molecule has 1 amide bonds. The molecule has 0 aliphatic carbocycles. The zero-order valence-electron chi connectivity index (χ0n) is 12.3. The monoisotopic (exact) mass is 300 g/mol. The van der Waals surface area contributed by atoms with Gasteiger partial charge in [0.2, 0.25) is 5.91 Å². The summed E-state index contributed by atoms with van der Waals surface area (Å²) in [6.07, 6.45) is 1.55. The Morgan fingerprint density at radius 1 is 1.41 bits per heavy atom. The Morgan fingerprint density at radius 2 is 2.09 bits per heavy atom. The Kier molecular flexibility index (Phi) is 4.79. The van der Waals surface area contributed by atoms with Crippen molar-refractivity contribution >= 4 is 17.3 Å². The molecular weight excluding hydrogens is 283 g/mol. The van der Waals surface area contributed by atoms with E-state index in [-0.39, 0.29) is 18.3 Å². The van der Waals surface area contributed by atoms with E-state index >= 15 is 0 Å². The van der Waals surface area contributed by atoms with Crippen molar-refractivity contribution in [3.63, 3.8) is 0 Å². The highest BCUT2D eigenvalue weighted by molar-refractivity contribution is 5.90. The first-order chi connectivity index (χ1) is 10.5. The van der Waals surface area contributed by atoms with Crippen molar-refractivity contribution in [1.29, 1.82) is 5.26 Å². The molecule has 2 aromatic rings. The number of anilines is 2. The molecule has 1 heterocycles. The summed E-state index contributed by atoms with van der Waals surface area (Å²) in [7, 11) is 0. The highest BCUT2D eigenvalue weighted by Crippen LogP contribution is 2.20. The third-order valence-corrected chi connectivity index (χ3v) is 3.27. The SMILES string of the molecule is CCCc1c(N)cc(C#N)n1CC(=O)Nc1ccc(F)cc1. The van der Waals surface area contributed by atoms with E-state index in [1.807, 2.05) is 13.0 Å². The van der Waals surface area contributed by atoms with Crippen molar-refractivity contribution in [3.05, 3.63) is 47.5 Å². The number of nitriles is 1. The molecule has 0 saturated heterocycles. The van der Waals surface area contributed by atoms with Crippen molar-refractivity contribution < 1.29 is 9.18 Å². The van der Waals surface area contributed by atoms with Gasteiger partial charge in [-0.2, -0.15) is 5.26 Å². The number of nitrogens with one attached hydrogen (secondary N) is 1. The van der Waals surface area contributed by atoms with E-state index < -0.39 is 0 Å². The van der Waals surface area contributed by atoms with Crippen LogP contribution >= 0.6 is 0 Å². The summed E-state index contributed by atoms with van der Waals surface area (Å²) < 4.78 is 14.5. The Morgan fingerprint density at radius 3 is 2.68 bits per heavy atom. The summed E-state index contributed by atoms with van der Waals surface area (Å²) in [4.78, 5) is 12.1. The molecule has 1 aromatic carbocycles. The van der Waals surface area contributed by atoms with Gasteiger partial charge >= 0.3 is 0 Å². The predicted molar refractivity (Wildman–Crippen MR) is 82.6 cm³/mol.